The summed E-state index contributed by atoms with van der Waals surface area (Å²) in [6, 6.07) is 6.80. The van der Waals surface area contributed by atoms with E-state index in [2.05, 4.69) is 0 Å². The zero-order valence-electron chi connectivity index (χ0n) is 12.5. The maximum Gasteiger partial charge on any atom is 0.338 e. The van der Waals surface area contributed by atoms with Gasteiger partial charge in [0.05, 0.1) is 18.1 Å². The summed E-state index contributed by atoms with van der Waals surface area (Å²) < 4.78 is 10.4. The van der Waals surface area contributed by atoms with Crippen LogP contribution in [-0.2, 0) is 14.3 Å². The number of carbonyl (C=O) groups is 1. The molecule has 1 heterocycles. The predicted molar refractivity (Wildman–Crippen MR) is 86.4 cm³/mol. The van der Waals surface area contributed by atoms with E-state index in [1.54, 1.807) is 26.0 Å². The molecule has 0 bridgehead atoms. The molecule has 5 nitrogen and oxygen atoms in total. The van der Waals surface area contributed by atoms with Crippen LogP contribution in [0.3, 0.4) is 0 Å². The van der Waals surface area contributed by atoms with Crippen molar-refractivity contribution in [2.75, 3.05) is 6.61 Å². The Labute approximate surface area is 143 Å². The van der Waals surface area contributed by atoms with E-state index < -0.39 is 11.9 Å². The average Bonchev–Trinajstić information content (AvgIpc) is 2.46. The minimum absolute atomic E-state index is 0.0611. The fourth-order valence-corrected chi connectivity index (χ4v) is 2.92. The first-order valence-electron chi connectivity index (χ1n) is 6.81. The highest BCUT2D eigenvalue weighted by Gasteiger charge is 2.37. The van der Waals surface area contributed by atoms with Gasteiger partial charge in [0.2, 0.25) is 5.88 Å². The van der Waals surface area contributed by atoms with Crippen LogP contribution in [0.4, 0.5) is 0 Å². The first-order chi connectivity index (χ1) is 10.9. The molecule has 120 valence electrons. The molecule has 2 rings (SSSR count). The van der Waals surface area contributed by atoms with Gasteiger partial charge in [-0.2, -0.15) is 5.26 Å². The number of benzene rings is 1. The van der Waals surface area contributed by atoms with Gasteiger partial charge in [-0.3, -0.25) is 0 Å². The van der Waals surface area contributed by atoms with Gasteiger partial charge < -0.3 is 15.2 Å². The van der Waals surface area contributed by atoms with Gasteiger partial charge in [-0.05, 0) is 31.5 Å². The number of allylic oxidation sites excluding steroid dienone is 2. The van der Waals surface area contributed by atoms with Gasteiger partial charge >= 0.3 is 5.97 Å². The first-order valence-corrected chi connectivity index (χ1v) is 7.56. The van der Waals surface area contributed by atoms with Crippen LogP contribution >= 0.6 is 23.2 Å². The Bertz CT molecular complexity index is 763. The molecule has 1 atom stereocenters. The molecule has 1 aliphatic heterocycles. The molecule has 0 aliphatic carbocycles. The minimum Gasteiger partial charge on any atom is -0.463 e. The molecule has 0 aromatic heterocycles. The Morgan fingerprint density at radius 3 is 2.74 bits per heavy atom. The first kappa shape index (κ1) is 17.2. The van der Waals surface area contributed by atoms with Crippen LogP contribution in [0.1, 0.15) is 25.3 Å². The van der Waals surface area contributed by atoms with Crippen molar-refractivity contribution >= 4 is 29.2 Å². The summed E-state index contributed by atoms with van der Waals surface area (Å²) in [4.78, 5) is 12.3. The predicted octanol–water partition coefficient (Wildman–Crippen LogP) is 3.64. The van der Waals surface area contributed by atoms with Crippen LogP contribution in [0, 0.1) is 11.3 Å². The molecule has 23 heavy (non-hydrogen) atoms. The molecular weight excluding hydrogens is 339 g/mol. The topological polar surface area (TPSA) is 85.3 Å². The molecule has 0 amide bonds. The van der Waals surface area contributed by atoms with Crippen LogP contribution in [-0.4, -0.2) is 12.6 Å². The Morgan fingerprint density at radius 1 is 1.48 bits per heavy atom. The molecule has 1 aliphatic rings. The molecule has 0 spiro atoms. The molecule has 0 fully saturated rings. The average molecular weight is 353 g/mol. The summed E-state index contributed by atoms with van der Waals surface area (Å²) in [7, 11) is 0. The molecule has 2 N–H and O–H groups in total. The lowest BCUT2D eigenvalue weighted by atomic mass is 9.83. The van der Waals surface area contributed by atoms with E-state index in [4.69, 9.17) is 38.4 Å². The molecule has 1 unspecified atom stereocenters. The number of rotatable bonds is 3. The van der Waals surface area contributed by atoms with E-state index in [-0.39, 0.29) is 29.4 Å². The van der Waals surface area contributed by atoms with Crippen molar-refractivity contribution < 1.29 is 14.3 Å². The minimum atomic E-state index is -0.766. The van der Waals surface area contributed by atoms with Gasteiger partial charge in [0.25, 0.3) is 0 Å². The van der Waals surface area contributed by atoms with E-state index >= 15 is 0 Å². The quantitative estimate of drug-likeness (QED) is 0.839. The zero-order chi connectivity index (χ0) is 17.1. The summed E-state index contributed by atoms with van der Waals surface area (Å²) in [5.74, 6) is -1.14. The van der Waals surface area contributed by atoms with Crippen molar-refractivity contribution in [1.29, 1.82) is 5.26 Å². The highest BCUT2D eigenvalue weighted by Crippen LogP contribution is 2.42. The normalized spacial score (nSPS) is 17.6. The molecule has 0 saturated heterocycles. The van der Waals surface area contributed by atoms with E-state index in [1.165, 1.54) is 6.07 Å². The molecule has 1 aromatic rings. The van der Waals surface area contributed by atoms with Gasteiger partial charge in [0, 0.05) is 10.0 Å². The number of esters is 1. The lowest BCUT2D eigenvalue weighted by Crippen LogP contribution is -2.25. The standard InChI is InChI=1S/C16H14Cl2N2O3/c1-3-22-16(21)13-8(2)23-15(20)11(7-19)14(13)10-5-4-9(17)6-12(10)18/h4-6,14H,3,20H2,1-2H3. The second kappa shape index (κ2) is 6.95. The highest BCUT2D eigenvalue weighted by atomic mass is 35.5. The maximum absolute atomic E-state index is 12.3. The van der Waals surface area contributed by atoms with E-state index in [0.29, 0.717) is 15.6 Å². The Kier molecular flexibility index (Phi) is 5.19. The van der Waals surface area contributed by atoms with Crippen LogP contribution in [0.2, 0.25) is 10.0 Å². The SMILES string of the molecule is CCOC(=O)C1=C(C)OC(N)=C(C#N)C1c1ccc(Cl)cc1Cl. The largest absolute Gasteiger partial charge is 0.463 e. The summed E-state index contributed by atoms with van der Waals surface area (Å²) >= 11 is 12.2. The van der Waals surface area contributed by atoms with E-state index in [1.807, 2.05) is 6.07 Å². The Balaban J connectivity index is 2.66. The number of nitrogens with zero attached hydrogens (tertiary/aromatic N) is 1. The maximum atomic E-state index is 12.3. The molecule has 0 radical (unpaired) electrons. The van der Waals surface area contributed by atoms with Crippen molar-refractivity contribution in [3.63, 3.8) is 0 Å². The van der Waals surface area contributed by atoms with E-state index in [9.17, 15) is 10.1 Å². The molecule has 7 heteroatoms. The van der Waals surface area contributed by atoms with Crippen molar-refractivity contribution in [1.82, 2.24) is 0 Å². The van der Waals surface area contributed by atoms with Gasteiger partial charge in [-0.15, -0.1) is 0 Å². The summed E-state index contributed by atoms with van der Waals surface area (Å²) in [6.45, 7) is 3.47. The lowest BCUT2D eigenvalue weighted by molar-refractivity contribution is -0.139. The monoisotopic (exact) mass is 352 g/mol. The Hall–Kier alpha value is -2.16. The highest BCUT2D eigenvalue weighted by molar-refractivity contribution is 6.35. The fraction of sp³-hybridized carbons (Fsp3) is 0.250. The third kappa shape index (κ3) is 3.29. The third-order valence-electron chi connectivity index (χ3n) is 3.37. The van der Waals surface area contributed by atoms with Gasteiger partial charge in [-0.25, -0.2) is 4.79 Å². The van der Waals surface area contributed by atoms with Crippen LogP contribution in [0.15, 0.2) is 41.0 Å². The second-order valence-electron chi connectivity index (χ2n) is 4.78. The van der Waals surface area contributed by atoms with Crippen molar-refractivity contribution in [3.05, 3.63) is 56.6 Å². The van der Waals surface area contributed by atoms with Gasteiger partial charge in [0.1, 0.15) is 17.4 Å². The zero-order valence-corrected chi connectivity index (χ0v) is 14.0. The number of nitrogens with two attached hydrogens (primary N) is 1. The fourth-order valence-electron chi connectivity index (χ4n) is 2.40. The summed E-state index contributed by atoms with van der Waals surface area (Å²) in [5, 5.41) is 10.2. The van der Waals surface area contributed by atoms with Gasteiger partial charge in [-0.1, -0.05) is 29.3 Å². The van der Waals surface area contributed by atoms with Crippen molar-refractivity contribution in [2.45, 2.75) is 19.8 Å². The van der Waals surface area contributed by atoms with E-state index in [0.717, 1.165) is 0 Å². The number of hydrogen-bond acceptors (Lipinski definition) is 5. The third-order valence-corrected chi connectivity index (χ3v) is 3.94. The summed E-state index contributed by atoms with van der Waals surface area (Å²) in [6.07, 6.45) is 0. The van der Waals surface area contributed by atoms with Crippen LogP contribution < -0.4 is 5.73 Å². The molecular formula is C16H14Cl2N2O3. The lowest BCUT2D eigenvalue weighted by Gasteiger charge is -2.27. The van der Waals surface area contributed by atoms with Crippen molar-refractivity contribution in [3.8, 4) is 6.07 Å². The Morgan fingerprint density at radius 2 is 2.17 bits per heavy atom. The number of nitriles is 1. The number of ether oxygens (including phenoxy) is 2. The number of halogens is 2. The number of hydrogen-bond donors (Lipinski definition) is 1. The second-order valence-corrected chi connectivity index (χ2v) is 5.62. The number of carbonyl (C=O) groups excluding carboxylic acids is 1. The smallest absolute Gasteiger partial charge is 0.338 e. The van der Waals surface area contributed by atoms with Crippen LogP contribution in [0.5, 0.6) is 0 Å². The van der Waals surface area contributed by atoms with Crippen molar-refractivity contribution in [2.24, 2.45) is 5.73 Å². The van der Waals surface area contributed by atoms with Gasteiger partial charge in [0.15, 0.2) is 0 Å². The summed E-state index contributed by atoms with van der Waals surface area (Å²) in [5.41, 5.74) is 6.63. The van der Waals surface area contributed by atoms with Crippen LogP contribution in [0.25, 0.3) is 0 Å². The molecule has 0 saturated carbocycles. The molecule has 1 aromatic carbocycles.